The number of methoxy groups -OCH3 is 2. The number of hydrogen-bond donors (Lipinski definition) is 1. The molecule has 0 bridgehead atoms. The van der Waals surface area contributed by atoms with Crippen LogP contribution in [0.25, 0.3) is 0 Å². The number of ether oxygens (including phenoxy) is 2. The van der Waals surface area contributed by atoms with E-state index < -0.39 is 9.84 Å². The first-order valence-corrected chi connectivity index (χ1v) is 10.4. The molecule has 0 spiro atoms. The highest BCUT2D eigenvalue weighted by atomic mass is 32.2. The molecule has 1 aromatic carbocycles. The van der Waals surface area contributed by atoms with E-state index in [0.717, 1.165) is 11.3 Å². The number of hydrogen-bond acceptors (Lipinski definition) is 5. The van der Waals surface area contributed by atoms with Crippen molar-refractivity contribution in [3.63, 3.8) is 0 Å². The monoisotopic (exact) mass is 344 g/mol. The van der Waals surface area contributed by atoms with E-state index in [2.05, 4.69) is 0 Å². The quantitative estimate of drug-likeness (QED) is 0.621. The van der Waals surface area contributed by atoms with Crippen LogP contribution >= 0.6 is 0 Å². The van der Waals surface area contributed by atoms with Crippen molar-refractivity contribution in [1.29, 1.82) is 0 Å². The van der Waals surface area contributed by atoms with Gasteiger partial charge in [0.1, 0.15) is 15.6 Å². The van der Waals surface area contributed by atoms with Crippen LogP contribution in [0.1, 0.15) is 11.5 Å². The van der Waals surface area contributed by atoms with Crippen molar-refractivity contribution in [2.75, 3.05) is 32.0 Å². The van der Waals surface area contributed by atoms with Crippen LogP contribution in [0.5, 0.6) is 11.5 Å². The summed E-state index contributed by atoms with van der Waals surface area (Å²) in [6.45, 7) is 0. The molecule has 1 heterocycles. The average Bonchev–Trinajstić information content (AvgIpc) is 2.89. The van der Waals surface area contributed by atoms with E-state index in [0.29, 0.717) is 11.5 Å². The van der Waals surface area contributed by atoms with Crippen molar-refractivity contribution >= 4 is 20.9 Å². The lowest BCUT2D eigenvalue weighted by molar-refractivity contribution is 0.354. The first-order chi connectivity index (χ1) is 10.4. The molecule has 0 amide bonds. The zero-order chi connectivity index (χ0) is 16.3. The fourth-order valence-corrected chi connectivity index (χ4v) is 5.37. The van der Waals surface area contributed by atoms with Gasteiger partial charge in [0.25, 0.3) is 0 Å². The summed E-state index contributed by atoms with van der Waals surface area (Å²) in [6, 6.07) is 5.54. The second-order valence-electron chi connectivity index (χ2n) is 5.34. The third-order valence-electron chi connectivity index (χ3n) is 3.68. The van der Waals surface area contributed by atoms with Gasteiger partial charge in [0.2, 0.25) is 0 Å². The first kappa shape index (κ1) is 17.2. The summed E-state index contributed by atoms with van der Waals surface area (Å²) in [5.41, 5.74) is 0.905. The standard InChI is InChI=1S/C15H22NO4S2/c1-19-13-7-6-11(9-14(13)20-2)12(10-22(3,17)18)15-5-4-8-21(15)16/h4-7,9,12,15H,8,10,16H2,1-3H3/q+1. The average molecular weight is 344 g/mol. The zero-order valence-electron chi connectivity index (χ0n) is 13.0. The largest absolute Gasteiger partial charge is 0.493 e. The van der Waals surface area contributed by atoms with Crippen molar-refractivity contribution in [3.8, 4) is 11.5 Å². The van der Waals surface area contributed by atoms with Gasteiger partial charge in [-0.25, -0.2) is 8.42 Å². The molecule has 1 aliphatic rings. The van der Waals surface area contributed by atoms with Crippen LogP contribution in [0.15, 0.2) is 30.4 Å². The normalized spacial score (nSPS) is 22.5. The van der Waals surface area contributed by atoms with Crippen LogP contribution in [-0.2, 0) is 20.9 Å². The number of nitrogens with two attached hydrogens (primary N) is 1. The van der Waals surface area contributed by atoms with Gasteiger partial charge in [0, 0.05) is 6.26 Å². The molecule has 7 heteroatoms. The molecular weight excluding hydrogens is 322 g/mol. The molecule has 2 N–H and O–H groups in total. The van der Waals surface area contributed by atoms with E-state index in [1.54, 1.807) is 20.3 Å². The van der Waals surface area contributed by atoms with Crippen LogP contribution in [0.2, 0.25) is 0 Å². The molecule has 0 fully saturated rings. The lowest BCUT2D eigenvalue weighted by atomic mass is 9.96. The number of rotatable bonds is 6. The molecule has 1 aliphatic heterocycles. The summed E-state index contributed by atoms with van der Waals surface area (Å²) in [4.78, 5) is 0. The lowest BCUT2D eigenvalue weighted by Crippen LogP contribution is -2.34. The molecule has 2 rings (SSSR count). The zero-order valence-corrected chi connectivity index (χ0v) is 14.6. The van der Waals surface area contributed by atoms with Crippen LogP contribution in [0.4, 0.5) is 0 Å². The molecule has 3 atom stereocenters. The Labute approximate surface area is 134 Å². The summed E-state index contributed by atoms with van der Waals surface area (Å²) in [5.74, 6) is 1.91. The van der Waals surface area contributed by atoms with Crippen LogP contribution in [0, 0.1) is 0 Å². The molecule has 5 nitrogen and oxygen atoms in total. The van der Waals surface area contributed by atoms with Crippen LogP contribution < -0.4 is 14.6 Å². The summed E-state index contributed by atoms with van der Waals surface area (Å²) >= 11 is -0.339. The van der Waals surface area contributed by atoms with E-state index in [4.69, 9.17) is 14.6 Å². The Balaban J connectivity index is 2.42. The van der Waals surface area contributed by atoms with Gasteiger partial charge >= 0.3 is 0 Å². The fourth-order valence-electron chi connectivity index (χ4n) is 2.65. The van der Waals surface area contributed by atoms with Crippen molar-refractivity contribution in [2.24, 2.45) is 5.14 Å². The minimum Gasteiger partial charge on any atom is -0.493 e. The first-order valence-electron chi connectivity index (χ1n) is 6.86. The van der Waals surface area contributed by atoms with Gasteiger partial charge in [0.15, 0.2) is 16.7 Å². The summed E-state index contributed by atoms with van der Waals surface area (Å²) in [5, 5.41) is 6.21. The van der Waals surface area contributed by atoms with Crippen molar-refractivity contribution in [2.45, 2.75) is 11.2 Å². The molecule has 3 unspecified atom stereocenters. The molecule has 1 aromatic rings. The predicted octanol–water partition coefficient (Wildman–Crippen LogP) is 1.26. The Morgan fingerprint density at radius 2 is 2.00 bits per heavy atom. The smallest absolute Gasteiger partial charge is 0.163 e. The van der Waals surface area contributed by atoms with Gasteiger partial charge in [-0.3, -0.25) is 0 Å². The predicted molar refractivity (Wildman–Crippen MR) is 91.3 cm³/mol. The Kier molecular flexibility index (Phi) is 5.41. The molecule has 0 aliphatic carbocycles. The number of benzene rings is 1. The molecule has 0 saturated heterocycles. The highest BCUT2D eigenvalue weighted by molar-refractivity contribution is 7.96. The van der Waals surface area contributed by atoms with Gasteiger partial charge in [-0.2, -0.15) is 5.14 Å². The summed E-state index contributed by atoms with van der Waals surface area (Å²) in [7, 11) is 0.0129. The maximum absolute atomic E-state index is 11.8. The van der Waals surface area contributed by atoms with Crippen LogP contribution in [-0.4, -0.2) is 45.6 Å². The van der Waals surface area contributed by atoms with Gasteiger partial charge in [-0.05, 0) is 29.8 Å². The summed E-state index contributed by atoms with van der Waals surface area (Å²) in [6.07, 6.45) is 5.33. The Hall–Kier alpha value is -1.18. The molecule has 0 radical (unpaired) electrons. The molecule has 22 heavy (non-hydrogen) atoms. The van der Waals surface area contributed by atoms with Gasteiger partial charge in [-0.15, -0.1) is 0 Å². The van der Waals surface area contributed by atoms with E-state index in [9.17, 15) is 8.42 Å². The highest BCUT2D eigenvalue weighted by Crippen LogP contribution is 2.35. The SMILES string of the molecule is COc1ccc(C(CS(C)(=O)=O)C2C=CC[S+]2N)cc1OC. The van der Waals surface area contributed by atoms with E-state index >= 15 is 0 Å². The molecule has 0 saturated carbocycles. The highest BCUT2D eigenvalue weighted by Gasteiger charge is 2.39. The second kappa shape index (κ2) is 6.93. The summed E-state index contributed by atoms with van der Waals surface area (Å²) < 4.78 is 34.2. The Morgan fingerprint density at radius 3 is 2.50 bits per heavy atom. The maximum atomic E-state index is 11.8. The van der Waals surface area contributed by atoms with Crippen molar-refractivity contribution in [1.82, 2.24) is 0 Å². The van der Waals surface area contributed by atoms with Crippen LogP contribution in [0.3, 0.4) is 0 Å². The third-order valence-corrected chi connectivity index (χ3v) is 6.41. The molecule has 0 aromatic heterocycles. The van der Waals surface area contributed by atoms with Gasteiger partial charge < -0.3 is 9.47 Å². The van der Waals surface area contributed by atoms with Crippen molar-refractivity contribution in [3.05, 3.63) is 35.9 Å². The minimum atomic E-state index is -3.12. The fraction of sp³-hybridized carbons (Fsp3) is 0.467. The molecular formula is C15H22NO4S2+. The van der Waals surface area contributed by atoms with E-state index in [-0.39, 0.29) is 28.0 Å². The second-order valence-corrected chi connectivity index (χ2v) is 9.34. The van der Waals surface area contributed by atoms with E-state index in [1.807, 2.05) is 24.3 Å². The molecule has 122 valence electrons. The van der Waals surface area contributed by atoms with Gasteiger partial charge in [-0.1, -0.05) is 6.07 Å². The Morgan fingerprint density at radius 1 is 1.32 bits per heavy atom. The van der Waals surface area contributed by atoms with Gasteiger partial charge in [0.05, 0.1) is 37.0 Å². The lowest BCUT2D eigenvalue weighted by Gasteiger charge is -2.21. The van der Waals surface area contributed by atoms with Crippen molar-refractivity contribution < 1.29 is 17.9 Å². The minimum absolute atomic E-state index is 0.0350. The number of sulfone groups is 1. The van der Waals surface area contributed by atoms with E-state index in [1.165, 1.54) is 6.26 Å². The topological polar surface area (TPSA) is 78.6 Å². The third kappa shape index (κ3) is 3.97. The maximum Gasteiger partial charge on any atom is 0.163 e. The Bertz CT molecular complexity index is 658.